The zero-order chi connectivity index (χ0) is 29.4. The van der Waals surface area contributed by atoms with Gasteiger partial charge in [-0.25, -0.2) is 19.1 Å². The molecule has 3 heterocycles. The Hall–Kier alpha value is -4.31. The third kappa shape index (κ3) is 5.46. The van der Waals surface area contributed by atoms with Gasteiger partial charge in [0.15, 0.2) is 0 Å². The third-order valence-corrected chi connectivity index (χ3v) is 8.23. The number of benzene rings is 2. The van der Waals surface area contributed by atoms with Crippen LogP contribution in [0.2, 0.25) is 0 Å². The molecule has 3 aliphatic rings. The summed E-state index contributed by atoms with van der Waals surface area (Å²) in [6, 6.07) is 14.3. The molecular weight excluding hydrogens is 537 g/mol. The zero-order valence-electron chi connectivity index (χ0n) is 23.8. The van der Waals surface area contributed by atoms with Crippen molar-refractivity contribution in [1.82, 2.24) is 14.8 Å². The Morgan fingerprint density at radius 1 is 1.02 bits per heavy atom. The highest BCUT2D eigenvalue weighted by Gasteiger charge is 2.43. The predicted molar refractivity (Wildman–Crippen MR) is 156 cm³/mol. The van der Waals surface area contributed by atoms with E-state index < -0.39 is 29.7 Å². The van der Waals surface area contributed by atoms with E-state index in [4.69, 9.17) is 9.72 Å². The summed E-state index contributed by atoms with van der Waals surface area (Å²) in [5, 5.41) is 0. The number of ether oxygens (including phenoxy) is 1. The second-order valence-electron chi connectivity index (χ2n) is 11.2. The molecule has 1 unspecified atom stereocenters. The molecular formula is C32H34FN5O4. The molecule has 218 valence electrons. The number of anilines is 2. The van der Waals surface area contributed by atoms with E-state index in [9.17, 15) is 14.4 Å². The van der Waals surface area contributed by atoms with Crippen LogP contribution in [0.15, 0.2) is 60.8 Å². The maximum absolute atomic E-state index is 15.3. The number of urea groups is 1. The van der Waals surface area contributed by atoms with E-state index in [2.05, 4.69) is 17.9 Å². The fourth-order valence-corrected chi connectivity index (χ4v) is 5.69. The van der Waals surface area contributed by atoms with Gasteiger partial charge in [0.25, 0.3) is 11.8 Å². The van der Waals surface area contributed by atoms with Gasteiger partial charge in [0.2, 0.25) is 0 Å². The smallest absolute Gasteiger partial charge is 0.333 e. The van der Waals surface area contributed by atoms with Crippen molar-refractivity contribution in [3.63, 3.8) is 0 Å². The van der Waals surface area contributed by atoms with Crippen molar-refractivity contribution in [1.29, 1.82) is 0 Å². The molecule has 1 saturated carbocycles. The molecule has 4 amide bonds. The minimum absolute atomic E-state index is 0.0658. The van der Waals surface area contributed by atoms with Gasteiger partial charge in [-0.3, -0.25) is 14.5 Å². The topological polar surface area (TPSA) is 86.3 Å². The van der Waals surface area contributed by atoms with E-state index in [1.165, 1.54) is 35.4 Å². The lowest BCUT2D eigenvalue weighted by molar-refractivity contribution is -0.131. The number of halogens is 1. The molecule has 2 aliphatic heterocycles. The Morgan fingerprint density at radius 2 is 1.76 bits per heavy atom. The van der Waals surface area contributed by atoms with Crippen molar-refractivity contribution in [3.8, 4) is 0 Å². The molecule has 1 aromatic heterocycles. The number of hydrogen-bond donors (Lipinski definition) is 0. The van der Waals surface area contributed by atoms with E-state index >= 15 is 4.39 Å². The first kappa shape index (κ1) is 27.8. The van der Waals surface area contributed by atoms with Crippen LogP contribution >= 0.6 is 0 Å². The molecule has 0 spiro atoms. The molecule has 2 saturated heterocycles. The Bertz CT molecular complexity index is 1500. The minimum Gasteiger partial charge on any atom is -0.356 e. The van der Waals surface area contributed by atoms with Crippen molar-refractivity contribution < 1.29 is 23.5 Å². The number of carbonyl (C=O) groups is 3. The molecule has 6 rings (SSSR count). The van der Waals surface area contributed by atoms with Crippen LogP contribution in [0.25, 0.3) is 0 Å². The summed E-state index contributed by atoms with van der Waals surface area (Å²) in [5.41, 5.74) is 3.48. The van der Waals surface area contributed by atoms with Gasteiger partial charge in [0.1, 0.15) is 24.4 Å². The lowest BCUT2D eigenvalue weighted by atomic mass is 10.1. The van der Waals surface area contributed by atoms with Crippen LogP contribution in [-0.4, -0.2) is 71.6 Å². The second-order valence-corrected chi connectivity index (χ2v) is 11.2. The molecule has 0 radical (unpaired) electrons. The van der Waals surface area contributed by atoms with E-state index in [-0.39, 0.29) is 24.6 Å². The van der Waals surface area contributed by atoms with Crippen molar-refractivity contribution in [2.45, 2.75) is 45.3 Å². The number of carbonyl (C=O) groups excluding carboxylic acids is 3. The Balaban J connectivity index is 1.08. The summed E-state index contributed by atoms with van der Waals surface area (Å²) < 4.78 is 20.9. The molecule has 10 heteroatoms. The van der Waals surface area contributed by atoms with Crippen LogP contribution in [-0.2, 0) is 16.1 Å². The molecule has 9 nitrogen and oxygen atoms in total. The number of aryl methyl sites for hydroxylation is 1. The van der Waals surface area contributed by atoms with E-state index in [0.29, 0.717) is 32.1 Å². The molecule has 1 aliphatic carbocycles. The quantitative estimate of drug-likeness (QED) is 0.365. The monoisotopic (exact) mass is 571 g/mol. The van der Waals surface area contributed by atoms with Gasteiger partial charge in [-0.2, -0.15) is 0 Å². The van der Waals surface area contributed by atoms with Gasteiger partial charge >= 0.3 is 6.03 Å². The maximum Gasteiger partial charge on any atom is 0.333 e. The fraction of sp³-hybridized carbons (Fsp3) is 0.375. The summed E-state index contributed by atoms with van der Waals surface area (Å²) in [4.78, 5) is 49.9. The van der Waals surface area contributed by atoms with Gasteiger partial charge < -0.3 is 14.5 Å². The van der Waals surface area contributed by atoms with Gasteiger partial charge in [-0.1, -0.05) is 36.4 Å². The average molecular weight is 572 g/mol. The Morgan fingerprint density at radius 3 is 2.43 bits per heavy atom. The third-order valence-electron chi connectivity index (χ3n) is 8.23. The highest BCUT2D eigenvalue weighted by atomic mass is 19.1. The normalized spacial score (nSPS) is 19.2. The number of amides is 4. The number of aromatic nitrogens is 1. The largest absolute Gasteiger partial charge is 0.356 e. The van der Waals surface area contributed by atoms with Crippen molar-refractivity contribution in [3.05, 3.63) is 88.9 Å². The number of rotatable bonds is 8. The van der Waals surface area contributed by atoms with Crippen LogP contribution in [0.3, 0.4) is 0 Å². The summed E-state index contributed by atoms with van der Waals surface area (Å²) in [7, 11) is 0. The average Bonchev–Trinajstić information content (AvgIpc) is 3.82. The number of pyridine rings is 1. The molecule has 1 atom stereocenters. The first-order chi connectivity index (χ1) is 20.3. The summed E-state index contributed by atoms with van der Waals surface area (Å²) in [6.45, 7) is 5.79. The van der Waals surface area contributed by atoms with Crippen LogP contribution in [0, 0.1) is 12.7 Å². The van der Waals surface area contributed by atoms with E-state index in [0.717, 1.165) is 27.9 Å². The van der Waals surface area contributed by atoms with Crippen LogP contribution < -0.4 is 9.80 Å². The van der Waals surface area contributed by atoms with Crippen molar-refractivity contribution in [2.75, 3.05) is 42.7 Å². The molecule has 42 heavy (non-hydrogen) atoms. The molecule has 3 fully saturated rings. The predicted octanol–water partition coefficient (Wildman–Crippen LogP) is 4.70. The number of hydrogen-bond acceptors (Lipinski definition) is 6. The summed E-state index contributed by atoms with van der Waals surface area (Å²) >= 11 is 0. The number of piperazine rings is 1. The standard InChI is InChI=1S/C32H34FN5O4/c1-21-16-25(24-8-9-24)18-34-29(21)35-12-14-36(15-13-35)31(40)27-11-10-26(17-28(27)33)38-22(2)30(39)37(32(38)41)20-42-19-23-6-4-3-5-7-23/h3-7,10-11,16-18,22,24H,8-9,12-15,19-20H2,1-2H3. The summed E-state index contributed by atoms with van der Waals surface area (Å²) in [5.74, 6) is 0.00432. The maximum atomic E-state index is 15.3. The molecule has 0 bridgehead atoms. The SMILES string of the molecule is Cc1cc(C2CC2)cnc1N1CCN(C(=O)c2ccc(N3C(=O)N(COCc4ccccc4)C(=O)C3C)cc2F)CC1. The molecule has 0 N–H and O–H groups in total. The first-order valence-corrected chi connectivity index (χ1v) is 14.4. The van der Waals surface area contributed by atoms with Crippen molar-refractivity contribution >= 4 is 29.4 Å². The fourth-order valence-electron chi connectivity index (χ4n) is 5.69. The van der Waals surface area contributed by atoms with Gasteiger partial charge in [0, 0.05) is 38.1 Å². The van der Waals surface area contributed by atoms with Crippen molar-refractivity contribution in [2.24, 2.45) is 0 Å². The number of nitrogens with zero attached hydrogens (tertiary/aromatic N) is 5. The van der Waals surface area contributed by atoms with Gasteiger partial charge in [-0.15, -0.1) is 0 Å². The van der Waals surface area contributed by atoms with Crippen LogP contribution in [0.1, 0.15) is 52.7 Å². The Labute approximate surface area is 244 Å². The Kier molecular flexibility index (Phi) is 7.64. The van der Waals surface area contributed by atoms with E-state index in [1.54, 1.807) is 11.8 Å². The lowest BCUT2D eigenvalue weighted by Crippen LogP contribution is -2.49. The second kappa shape index (κ2) is 11.5. The molecule has 3 aromatic rings. The highest BCUT2D eigenvalue weighted by Crippen LogP contribution is 2.40. The first-order valence-electron chi connectivity index (χ1n) is 14.4. The number of imide groups is 1. The lowest BCUT2D eigenvalue weighted by Gasteiger charge is -2.36. The van der Waals surface area contributed by atoms with Crippen LogP contribution in [0.5, 0.6) is 0 Å². The minimum atomic E-state index is -0.831. The highest BCUT2D eigenvalue weighted by molar-refractivity contribution is 6.14. The van der Waals surface area contributed by atoms with Gasteiger partial charge in [-0.05, 0) is 67.5 Å². The van der Waals surface area contributed by atoms with Crippen LogP contribution in [0.4, 0.5) is 20.7 Å². The van der Waals surface area contributed by atoms with Gasteiger partial charge in [0.05, 0.1) is 12.2 Å². The summed E-state index contributed by atoms with van der Waals surface area (Å²) in [6.07, 6.45) is 4.42. The zero-order valence-corrected chi connectivity index (χ0v) is 23.8. The molecule has 2 aromatic carbocycles. The van der Waals surface area contributed by atoms with E-state index in [1.807, 2.05) is 36.5 Å².